The van der Waals surface area contributed by atoms with Crippen LogP contribution in [-0.2, 0) is 21.4 Å². The molecule has 1 fully saturated rings. The molecule has 1 atom stereocenters. The zero-order valence-corrected chi connectivity index (χ0v) is 20.9. The number of anilines is 1. The number of hydrogen-bond donors (Lipinski definition) is 2. The number of ether oxygens (including phenoxy) is 1. The molecule has 7 nitrogen and oxygen atoms in total. The molecule has 1 aliphatic heterocycles. The van der Waals surface area contributed by atoms with E-state index in [1.807, 2.05) is 48.5 Å². The Morgan fingerprint density at radius 1 is 0.917 bits per heavy atom. The molecule has 0 bridgehead atoms. The molecule has 1 heterocycles. The number of sulfonamides is 1. The van der Waals surface area contributed by atoms with Crippen molar-refractivity contribution in [1.82, 2.24) is 9.62 Å². The summed E-state index contributed by atoms with van der Waals surface area (Å²) in [4.78, 5) is 12.5. The van der Waals surface area contributed by atoms with E-state index in [-0.39, 0.29) is 30.0 Å². The van der Waals surface area contributed by atoms with Crippen LogP contribution in [0.2, 0.25) is 0 Å². The van der Waals surface area contributed by atoms with E-state index in [0.29, 0.717) is 11.4 Å². The summed E-state index contributed by atoms with van der Waals surface area (Å²) in [5.74, 6) is 0.447. The molecule has 1 amide bonds. The van der Waals surface area contributed by atoms with Crippen LogP contribution in [0.4, 0.5) is 5.69 Å². The minimum absolute atomic E-state index is 0.0422. The molecule has 0 radical (unpaired) electrons. The first-order chi connectivity index (χ1) is 17.5. The number of para-hydroxylation sites is 1. The first kappa shape index (κ1) is 24.3. The fraction of sp³-hybridized carbons (Fsp3) is 0.321. The molecule has 3 aromatic rings. The smallest absolute Gasteiger partial charge is 0.258 e. The van der Waals surface area contributed by atoms with Gasteiger partial charge in [-0.1, -0.05) is 73.9 Å². The van der Waals surface area contributed by atoms with E-state index >= 15 is 0 Å². The van der Waals surface area contributed by atoms with Crippen LogP contribution in [0.25, 0.3) is 0 Å². The van der Waals surface area contributed by atoms with Crippen LogP contribution in [0.5, 0.6) is 5.75 Å². The van der Waals surface area contributed by atoms with Crippen LogP contribution >= 0.6 is 0 Å². The first-order valence-electron chi connectivity index (χ1n) is 12.4. The minimum atomic E-state index is -3.74. The van der Waals surface area contributed by atoms with Crippen molar-refractivity contribution in [2.24, 2.45) is 0 Å². The third kappa shape index (κ3) is 5.39. The molecular formula is C28H31N3O4S. The molecule has 3 aromatic carbocycles. The highest BCUT2D eigenvalue weighted by molar-refractivity contribution is 7.89. The van der Waals surface area contributed by atoms with Crippen molar-refractivity contribution in [3.63, 3.8) is 0 Å². The van der Waals surface area contributed by atoms with Crippen molar-refractivity contribution < 1.29 is 17.9 Å². The Bertz CT molecular complexity index is 1290. The summed E-state index contributed by atoms with van der Waals surface area (Å²) in [6.07, 6.45) is 5.02. The molecule has 2 aliphatic rings. The van der Waals surface area contributed by atoms with Gasteiger partial charge >= 0.3 is 0 Å². The van der Waals surface area contributed by atoms with Crippen LogP contribution in [0, 0.1) is 0 Å². The SMILES string of the molecule is O=C(COc1ccc([C@H]2Nc3ccccc3S(=O)(=O)N2Cc2ccccc2)cc1)NC1CCCCC1. The number of benzene rings is 3. The lowest BCUT2D eigenvalue weighted by Crippen LogP contribution is -2.42. The first-order valence-corrected chi connectivity index (χ1v) is 13.9. The molecule has 36 heavy (non-hydrogen) atoms. The van der Waals surface area contributed by atoms with E-state index in [0.717, 1.165) is 36.8 Å². The van der Waals surface area contributed by atoms with E-state index in [9.17, 15) is 13.2 Å². The van der Waals surface area contributed by atoms with Gasteiger partial charge in [0.05, 0.1) is 5.69 Å². The van der Waals surface area contributed by atoms with Crippen LogP contribution in [-0.4, -0.2) is 31.3 Å². The fourth-order valence-electron chi connectivity index (χ4n) is 4.90. The van der Waals surface area contributed by atoms with E-state index in [1.54, 1.807) is 30.3 Å². The number of fused-ring (bicyclic) bond motifs is 1. The molecule has 0 spiro atoms. The maximum atomic E-state index is 13.6. The van der Waals surface area contributed by atoms with Gasteiger partial charge in [0, 0.05) is 12.6 Å². The van der Waals surface area contributed by atoms with E-state index < -0.39 is 16.2 Å². The average molecular weight is 506 g/mol. The summed E-state index contributed by atoms with van der Waals surface area (Å²) < 4.78 is 34.4. The monoisotopic (exact) mass is 505 g/mol. The van der Waals surface area contributed by atoms with Crippen LogP contribution < -0.4 is 15.4 Å². The van der Waals surface area contributed by atoms with Gasteiger partial charge in [0.25, 0.3) is 5.91 Å². The Balaban J connectivity index is 1.32. The minimum Gasteiger partial charge on any atom is -0.484 e. The normalized spacial score (nSPS) is 19.6. The molecular weight excluding hydrogens is 474 g/mol. The molecule has 8 heteroatoms. The third-order valence-corrected chi connectivity index (χ3v) is 8.64. The second kappa shape index (κ2) is 10.7. The number of rotatable bonds is 7. The molecule has 5 rings (SSSR count). The maximum absolute atomic E-state index is 13.6. The van der Waals surface area contributed by atoms with E-state index in [1.165, 1.54) is 10.7 Å². The van der Waals surface area contributed by atoms with E-state index in [2.05, 4.69) is 10.6 Å². The van der Waals surface area contributed by atoms with Gasteiger partial charge in [-0.2, -0.15) is 4.31 Å². The van der Waals surface area contributed by atoms with Crippen LogP contribution in [0.3, 0.4) is 0 Å². The van der Waals surface area contributed by atoms with Gasteiger partial charge in [0.15, 0.2) is 6.61 Å². The summed E-state index contributed by atoms with van der Waals surface area (Å²) in [7, 11) is -3.74. The maximum Gasteiger partial charge on any atom is 0.258 e. The van der Waals surface area contributed by atoms with Gasteiger partial charge in [0.2, 0.25) is 10.0 Å². The number of hydrogen-bond acceptors (Lipinski definition) is 5. The fourth-order valence-corrected chi connectivity index (χ4v) is 6.57. The summed E-state index contributed by atoms with van der Waals surface area (Å²) in [5.41, 5.74) is 2.26. The van der Waals surface area contributed by atoms with Crippen molar-refractivity contribution >= 4 is 21.6 Å². The quantitative estimate of drug-likeness (QED) is 0.480. The summed E-state index contributed by atoms with van der Waals surface area (Å²) >= 11 is 0. The summed E-state index contributed by atoms with van der Waals surface area (Å²) in [6.45, 7) is 0.189. The van der Waals surface area contributed by atoms with Gasteiger partial charge in [0.1, 0.15) is 16.8 Å². The zero-order chi connectivity index (χ0) is 25.0. The van der Waals surface area contributed by atoms with Gasteiger partial charge in [-0.3, -0.25) is 4.79 Å². The van der Waals surface area contributed by atoms with E-state index in [4.69, 9.17) is 4.74 Å². The lowest BCUT2D eigenvalue weighted by Gasteiger charge is -2.37. The lowest BCUT2D eigenvalue weighted by atomic mass is 9.95. The van der Waals surface area contributed by atoms with Crippen LogP contribution in [0.1, 0.15) is 49.4 Å². The second-order valence-electron chi connectivity index (χ2n) is 9.34. The Kier molecular flexibility index (Phi) is 7.25. The third-order valence-electron chi connectivity index (χ3n) is 6.77. The van der Waals surface area contributed by atoms with Crippen molar-refractivity contribution in [1.29, 1.82) is 0 Å². The topological polar surface area (TPSA) is 87.7 Å². The predicted molar refractivity (Wildman–Crippen MR) is 139 cm³/mol. The number of amides is 1. The van der Waals surface area contributed by atoms with Crippen molar-refractivity contribution in [3.8, 4) is 5.75 Å². The lowest BCUT2D eigenvalue weighted by molar-refractivity contribution is -0.124. The number of carbonyl (C=O) groups is 1. The Labute approximate surface area is 212 Å². The molecule has 0 aromatic heterocycles. The standard InChI is InChI=1S/C28H31N3O4S/c32-27(29-23-11-5-2-6-12-23)20-35-24-17-15-22(16-18-24)28-30-25-13-7-8-14-26(25)36(33,34)31(28)19-21-9-3-1-4-10-21/h1,3-4,7-10,13-18,23,28,30H,2,5-6,11-12,19-20H2,(H,29,32)/t28-/m0/s1. The molecule has 0 saturated heterocycles. The highest BCUT2D eigenvalue weighted by atomic mass is 32.2. The Morgan fingerprint density at radius 2 is 1.61 bits per heavy atom. The van der Waals surface area contributed by atoms with Crippen molar-refractivity contribution in [2.75, 3.05) is 11.9 Å². The molecule has 1 aliphatic carbocycles. The van der Waals surface area contributed by atoms with Crippen molar-refractivity contribution in [2.45, 2.75) is 55.8 Å². The number of nitrogens with zero attached hydrogens (tertiary/aromatic N) is 1. The number of nitrogens with one attached hydrogen (secondary N) is 2. The highest BCUT2D eigenvalue weighted by Gasteiger charge is 2.38. The van der Waals surface area contributed by atoms with Gasteiger partial charge in [-0.05, 0) is 48.2 Å². The summed E-state index contributed by atoms with van der Waals surface area (Å²) in [5, 5.41) is 6.45. The summed E-state index contributed by atoms with van der Waals surface area (Å²) in [6, 6.07) is 24.0. The Morgan fingerprint density at radius 3 is 2.36 bits per heavy atom. The molecule has 2 N–H and O–H groups in total. The van der Waals surface area contributed by atoms with Crippen LogP contribution in [0.15, 0.2) is 83.8 Å². The molecule has 1 saturated carbocycles. The van der Waals surface area contributed by atoms with Gasteiger partial charge in [-0.25, -0.2) is 8.42 Å². The Hall–Kier alpha value is -3.36. The second-order valence-corrected chi connectivity index (χ2v) is 11.2. The zero-order valence-electron chi connectivity index (χ0n) is 20.1. The largest absolute Gasteiger partial charge is 0.484 e. The predicted octanol–water partition coefficient (Wildman–Crippen LogP) is 4.83. The molecule has 188 valence electrons. The number of carbonyl (C=O) groups excluding carboxylic acids is 1. The average Bonchev–Trinajstić information content (AvgIpc) is 2.91. The van der Waals surface area contributed by atoms with Gasteiger partial charge < -0.3 is 15.4 Å². The highest BCUT2D eigenvalue weighted by Crippen LogP contribution is 2.39. The van der Waals surface area contributed by atoms with Gasteiger partial charge in [-0.15, -0.1) is 0 Å². The molecule has 0 unspecified atom stereocenters. The van der Waals surface area contributed by atoms with Crippen molar-refractivity contribution in [3.05, 3.63) is 90.0 Å².